The molecule has 1 aromatic carbocycles. The van der Waals surface area contributed by atoms with Crippen LogP contribution in [0.1, 0.15) is 24.6 Å². The molecule has 0 amide bonds. The number of hydrogen-bond donors (Lipinski definition) is 0. The molecule has 4 nitrogen and oxygen atoms in total. The lowest BCUT2D eigenvalue weighted by molar-refractivity contribution is 0.343. The molecule has 2 aromatic rings. The number of rotatable bonds is 8. The number of halogens is 1. The van der Waals surface area contributed by atoms with Crippen molar-refractivity contribution in [3.05, 3.63) is 48.6 Å². The number of nitrogens with zero attached hydrogens (tertiary/aromatic N) is 3. The van der Waals surface area contributed by atoms with Crippen LogP contribution < -0.4 is 4.74 Å². The summed E-state index contributed by atoms with van der Waals surface area (Å²) in [6, 6.07) is 6.05. The van der Waals surface area contributed by atoms with Gasteiger partial charge >= 0.3 is 0 Å². The van der Waals surface area contributed by atoms with Gasteiger partial charge < -0.3 is 9.30 Å². The fourth-order valence-electron chi connectivity index (χ4n) is 2.17. The molecule has 6 heteroatoms. The maximum Gasteiger partial charge on any atom is 0.191 e. The number of thioether (sulfide) groups is 1. The fourth-order valence-corrected chi connectivity index (χ4v) is 2.95. The summed E-state index contributed by atoms with van der Waals surface area (Å²) >= 11 is 1.62. The number of aromatic nitrogens is 3. The zero-order valence-corrected chi connectivity index (χ0v) is 13.1. The molecule has 0 atom stereocenters. The standard InChI is InChI=1S/C16H18FN3OS/c1-2-9-20-15(12-3-4-12)18-19-16(20)22-11-10-21-14-7-5-13(17)6-8-14/h2,5-8,12H,1,3-4,9-11H2. The van der Waals surface area contributed by atoms with Gasteiger partial charge in [-0.05, 0) is 37.1 Å². The molecule has 0 unspecified atom stereocenters. The molecule has 116 valence electrons. The van der Waals surface area contributed by atoms with Crippen molar-refractivity contribution < 1.29 is 9.13 Å². The Morgan fingerprint density at radius 1 is 1.32 bits per heavy atom. The van der Waals surface area contributed by atoms with Crippen LogP contribution in [0.15, 0.2) is 42.1 Å². The highest BCUT2D eigenvalue weighted by molar-refractivity contribution is 7.99. The molecule has 1 aromatic heterocycles. The summed E-state index contributed by atoms with van der Waals surface area (Å²) in [5, 5.41) is 9.49. The Balaban J connectivity index is 1.52. The predicted molar refractivity (Wildman–Crippen MR) is 84.8 cm³/mol. The molecule has 1 fully saturated rings. The first-order valence-corrected chi connectivity index (χ1v) is 8.31. The molecule has 22 heavy (non-hydrogen) atoms. The van der Waals surface area contributed by atoms with Gasteiger partial charge in [0.1, 0.15) is 17.4 Å². The third-order valence-electron chi connectivity index (χ3n) is 3.40. The smallest absolute Gasteiger partial charge is 0.191 e. The summed E-state index contributed by atoms with van der Waals surface area (Å²) < 4.78 is 20.5. The van der Waals surface area contributed by atoms with Crippen molar-refractivity contribution in [2.24, 2.45) is 0 Å². The van der Waals surface area contributed by atoms with Crippen LogP contribution in [0.3, 0.4) is 0 Å². The second-order valence-electron chi connectivity index (χ2n) is 5.17. The average molecular weight is 319 g/mol. The fraction of sp³-hybridized carbons (Fsp3) is 0.375. The molecule has 1 heterocycles. The third-order valence-corrected chi connectivity index (χ3v) is 4.33. The summed E-state index contributed by atoms with van der Waals surface area (Å²) in [6.45, 7) is 5.07. The molecular formula is C16H18FN3OS. The van der Waals surface area contributed by atoms with Gasteiger partial charge in [-0.15, -0.1) is 16.8 Å². The molecule has 0 saturated heterocycles. The van der Waals surface area contributed by atoms with Crippen LogP contribution in [0.5, 0.6) is 5.75 Å². The highest BCUT2D eigenvalue weighted by Crippen LogP contribution is 2.40. The molecule has 0 spiro atoms. The maximum atomic E-state index is 12.8. The van der Waals surface area contributed by atoms with E-state index in [1.54, 1.807) is 23.9 Å². The van der Waals surface area contributed by atoms with Crippen LogP contribution in [0.2, 0.25) is 0 Å². The monoisotopic (exact) mass is 319 g/mol. The second-order valence-corrected chi connectivity index (χ2v) is 6.23. The lowest BCUT2D eigenvalue weighted by Crippen LogP contribution is -2.05. The van der Waals surface area contributed by atoms with E-state index in [4.69, 9.17) is 4.74 Å². The van der Waals surface area contributed by atoms with E-state index >= 15 is 0 Å². The third kappa shape index (κ3) is 3.68. The zero-order chi connectivity index (χ0) is 15.4. The Morgan fingerprint density at radius 3 is 2.77 bits per heavy atom. The van der Waals surface area contributed by atoms with E-state index in [0.29, 0.717) is 18.3 Å². The van der Waals surface area contributed by atoms with Crippen molar-refractivity contribution in [1.29, 1.82) is 0 Å². The Morgan fingerprint density at radius 2 is 2.09 bits per heavy atom. The Kier molecular flexibility index (Phi) is 4.77. The Labute approximate surface area is 133 Å². The predicted octanol–water partition coefficient (Wildman–Crippen LogP) is 3.65. The minimum atomic E-state index is -0.258. The van der Waals surface area contributed by atoms with Gasteiger partial charge in [-0.1, -0.05) is 17.8 Å². The van der Waals surface area contributed by atoms with E-state index in [9.17, 15) is 4.39 Å². The molecule has 0 radical (unpaired) electrons. The van der Waals surface area contributed by atoms with Crippen molar-refractivity contribution in [2.45, 2.75) is 30.5 Å². The van der Waals surface area contributed by atoms with Crippen LogP contribution >= 0.6 is 11.8 Å². The summed E-state index contributed by atoms with van der Waals surface area (Å²) in [7, 11) is 0. The van der Waals surface area contributed by atoms with Crippen molar-refractivity contribution in [2.75, 3.05) is 12.4 Å². The number of allylic oxidation sites excluding steroid dienone is 1. The van der Waals surface area contributed by atoms with Crippen molar-refractivity contribution in [3.8, 4) is 5.75 Å². The molecule has 1 aliphatic rings. The number of benzene rings is 1. The van der Waals surface area contributed by atoms with Gasteiger partial charge in [0.25, 0.3) is 0 Å². The van der Waals surface area contributed by atoms with E-state index in [0.717, 1.165) is 23.3 Å². The van der Waals surface area contributed by atoms with Gasteiger partial charge in [0.05, 0.1) is 6.61 Å². The van der Waals surface area contributed by atoms with Gasteiger partial charge in [0, 0.05) is 18.2 Å². The van der Waals surface area contributed by atoms with Gasteiger partial charge in [0.15, 0.2) is 5.16 Å². The zero-order valence-electron chi connectivity index (χ0n) is 12.2. The van der Waals surface area contributed by atoms with Crippen molar-refractivity contribution in [3.63, 3.8) is 0 Å². The topological polar surface area (TPSA) is 39.9 Å². The lowest BCUT2D eigenvalue weighted by Gasteiger charge is -2.08. The molecule has 1 saturated carbocycles. The normalized spacial score (nSPS) is 14.0. The van der Waals surface area contributed by atoms with Gasteiger partial charge in [0.2, 0.25) is 0 Å². The summed E-state index contributed by atoms with van der Waals surface area (Å²) in [6.07, 6.45) is 4.27. The molecule has 0 N–H and O–H groups in total. The highest BCUT2D eigenvalue weighted by atomic mass is 32.2. The maximum absolute atomic E-state index is 12.8. The quantitative estimate of drug-likeness (QED) is 0.423. The van der Waals surface area contributed by atoms with Gasteiger partial charge in [-0.25, -0.2) is 4.39 Å². The first-order valence-electron chi connectivity index (χ1n) is 7.33. The minimum Gasteiger partial charge on any atom is -0.493 e. The van der Waals surface area contributed by atoms with Gasteiger partial charge in [-0.3, -0.25) is 0 Å². The highest BCUT2D eigenvalue weighted by Gasteiger charge is 2.30. The SMILES string of the molecule is C=CCn1c(SCCOc2ccc(F)cc2)nnc1C1CC1. The summed E-state index contributed by atoms with van der Waals surface area (Å²) in [5.74, 6) is 2.82. The van der Waals surface area contributed by atoms with E-state index < -0.39 is 0 Å². The largest absolute Gasteiger partial charge is 0.493 e. The number of hydrogen-bond acceptors (Lipinski definition) is 4. The Bertz CT molecular complexity index is 637. The molecule has 0 aliphatic heterocycles. The first-order chi connectivity index (χ1) is 10.8. The van der Waals surface area contributed by atoms with Crippen LogP contribution in [-0.4, -0.2) is 27.1 Å². The Hall–Kier alpha value is -1.82. The van der Waals surface area contributed by atoms with Crippen LogP contribution in [0.4, 0.5) is 4.39 Å². The minimum absolute atomic E-state index is 0.258. The summed E-state index contributed by atoms with van der Waals surface area (Å²) in [4.78, 5) is 0. The van der Waals surface area contributed by atoms with E-state index in [-0.39, 0.29) is 5.82 Å². The van der Waals surface area contributed by atoms with Crippen LogP contribution in [0.25, 0.3) is 0 Å². The average Bonchev–Trinajstić information content (AvgIpc) is 3.29. The van der Waals surface area contributed by atoms with E-state index in [2.05, 4.69) is 21.3 Å². The van der Waals surface area contributed by atoms with E-state index in [1.807, 2.05) is 6.08 Å². The molecule has 3 rings (SSSR count). The van der Waals surface area contributed by atoms with Gasteiger partial charge in [-0.2, -0.15) is 0 Å². The lowest BCUT2D eigenvalue weighted by atomic mass is 10.3. The van der Waals surface area contributed by atoms with Crippen LogP contribution in [0, 0.1) is 5.82 Å². The van der Waals surface area contributed by atoms with Crippen molar-refractivity contribution in [1.82, 2.24) is 14.8 Å². The molecule has 0 bridgehead atoms. The second kappa shape index (κ2) is 6.96. The van der Waals surface area contributed by atoms with Crippen molar-refractivity contribution >= 4 is 11.8 Å². The van der Waals surface area contributed by atoms with E-state index in [1.165, 1.54) is 25.0 Å². The number of ether oxygens (including phenoxy) is 1. The molecular weight excluding hydrogens is 301 g/mol. The molecule has 1 aliphatic carbocycles. The summed E-state index contributed by atoms with van der Waals surface area (Å²) in [5.41, 5.74) is 0. The van der Waals surface area contributed by atoms with Crippen LogP contribution in [-0.2, 0) is 6.54 Å². The first kappa shape index (κ1) is 15.1.